The van der Waals surface area contributed by atoms with Crippen LogP contribution in [-0.2, 0) is 24.2 Å². The van der Waals surface area contributed by atoms with Crippen molar-refractivity contribution in [1.29, 1.82) is 0 Å². The van der Waals surface area contributed by atoms with E-state index in [1.807, 2.05) is 12.1 Å². The molecule has 0 aliphatic heterocycles. The van der Waals surface area contributed by atoms with E-state index in [1.165, 1.54) is 28.5 Å². The number of hydrogen-bond acceptors (Lipinski definition) is 3. The van der Waals surface area contributed by atoms with Crippen molar-refractivity contribution >= 4 is 16.9 Å². The van der Waals surface area contributed by atoms with Crippen LogP contribution in [0.25, 0.3) is 0 Å². The molecule has 0 radical (unpaired) electrons. The highest BCUT2D eigenvalue weighted by molar-refractivity contribution is 8.13. The van der Waals surface area contributed by atoms with E-state index in [1.54, 1.807) is 6.92 Å². The molecule has 0 amide bonds. The fraction of sp³-hybridized carbons (Fsp3) is 0.381. The van der Waals surface area contributed by atoms with Crippen molar-refractivity contribution in [2.45, 2.75) is 59.0 Å². The van der Waals surface area contributed by atoms with Gasteiger partial charge in [0.15, 0.2) is 5.12 Å². The zero-order valence-corrected chi connectivity index (χ0v) is 16.0. The number of carbonyl (C=O) groups excluding carboxylic acids is 1. The number of thioether (sulfide) groups is 1. The summed E-state index contributed by atoms with van der Waals surface area (Å²) in [6.07, 6.45) is 1.96. The lowest BCUT2D eigenvalue weighted by atomic mass is 10.0. The van der Waals surface area contributed by atoms with Crippen LogP contribution in [0.15, 0.2) is 35.2 Å². The highest BCUT2D eigenvalue weighted by Crippen LogP contribution is 2.29. The molecule has 2 aromatic carbocycles. The Morgan fingerprint density at radius 1 is 1.04 bits per heavy atom. The molecule has 0 atom stereocenters. The third kappa shape index (κ3) is 4.41. The van der Waals surface area contributed by atoms with E-state index in [2.05, 4.69) is 45.9 Å². The van der Waals surface area contributed by atoms with Gasteiger partial charge < -0.3 is 4.74 Å². The van der Waals surface area contributed by atoms with Gasteiger partial charge in [-0.3, -0.25) is 4.79 Å². The van der Waals surface area contributed by atoms with E-state index in [-0.39, 0.29) is 5.12 Å². The molecule has 0 saturated carbocycles. The first-order valence-electron chi connectivity index (χ1n) is 8.48. The van der Waals surface area contributed by atoms with Crippen molar-refractivity contribution in [3.8, 4) is 5.75 Å². The van der Waals surface area contributed by atoms with Crippen molar-refractivity contribution in [1.82, 2.24) is 0 Å². The monoisotopic (exact) mass is 342 g/mol. The summed E-state index contributed by atoms with van der Waals surface area (Å²) in [7, 11) is 0. The van der Waals surface area contributed by atoms with Gasteiger partial charge in [-0.2, -0.15) is 0 Å². The van der Waals surface area contributed by atoms with E-state index >= 15 is 0 Å². The summed E-state index contributed by atoms with van der Waals surface area (Å²) in [5.74, 6) is 0.925. The van der Waals surface area contributed by atoms with Crippen LogP contribution in [0.5, 0.6) is 5.75 Å². The lowest BCUT2D eigenvalue weighted by molar-refractivity contribution is -0.109. The van der Waals surface area contributed by atoms with Crippen molar-refractivity contribution in [3.63, 3.8) is 0 Å². The Bertz CT molecular complexity index is 735. The van der Waals surface area contributed by atoms with Gasteiger partial charge in [-0.15, -0.1) is 0 Å². The molecule has 0 unspecified atom stereocenters. The third-order valence-corrected chi connectivity index (χ3v) is 5.14. The molecule has 0 saturated heterocycles. The number of hydrogen-bond donors (Lipinski definition) is 0. The Hall–Kier alpha value is -1.74. The first-order chi connectivity index (χ1) is 11.5. The molecule has 0 fully saturated rings. The van der Waals surface area contributed by atoms with Crippen molar-refractivity contribution in [2.24, 2.45) is 0 Å². The second-order valence-corrected chi connectivity index (χ2v) is 7.25. The minimum atomic E-state index is 0.101. The molecule has 0 aliphatic rings. The number of ether oxygens (including phenoxy) is 1. The van der Waals surface area contributed by atoms with E-state index in [4.69, 9.17) is 4.74 Å². The van der Waals surface area contributed by atoms with Crippen LogP contribution in [0.4, 0.5) is 0 Å². The number of carbonyl (C=O) groups is 1. The summed E-state index contributed by atoms with van der Waals surface area (Å²) in [6.45, 7) is 10.6. The van der Waals surface area contributed by atoms with Crippen molar-refractivity contribution in [2.75, 3.05) is 0 Å². The molecule has 0 spiro atoms. The average molecular weight is 343 g/mol. The molecule has 0 N–H and O–H groups in total. The highest BCUT2D eigenvalue weighted by atomic mass is 32.2. The molecule has 0 heterocycles. The van der Waals surface area contributed by atoms with Gasteiger partial charge in [0.2, 0.25) is 0 Å². The van der Waals surface area contributed by atoms with Gasteiger partial charge in [0.1, 0.15) is 12.4 Å². The largest absolute Gasteiger partial charge is 0.489 e. The van der Waals surface area contributed by atoms with Gasteiger partial charge in [0.05, 0.1) is 0 Å². The Kier molecular flexibility index (Phi) is 6.50. The maximum Gasteiger partial charge on any atom is 0.190 e. The molecule has 2 rings (SSSR count). The maximum absolute atomic E-state index is 11.5. The van der Waals surface area contributed by atoms with E-state index < -0.39 is 0 Å². The SMILES string of the molecule is CCc1cc(C)c(OCc2c(CC)cccc2SC(C)=O)cc1C. The van der Waals surface area contributed by atoms with Crippen LogP contribution in [0, 0.1) is 13.8 Å². The summed E-state index contributed by atoms with van der Waals surface area (Å²) >= 11 is 1.28. The first-order valence-corrected chi connectivity index (χ1v) is 9.30. The zero-order chi connectivity index (χ0) is 17.7. The molecule has 0 bridgehead atoms. The van der Waals surface area contributed by atoms with Crippen LogP contribution < -0.4 is 4.74 Å². The molecule has 2 nitrogen and oxygen atoms in total. The van der Waals surface area contributed by atoms with Crippen LogP contribution in [0.3, 0.4) is 0 Å². The van der Waals surface area contributed by atoms with Gasteiger partial charge in [0.25, 0.3) is 0 Å². The van der Waals surface area contributed by atoms with Crippen LogP contribution >= 0.6 is 11.8 Å². The van der Waals surface area contributed by atoms with Gasteiger partial charge >= 0.3 is 0 Å². The van der Waals surface area contributed by atoms with Crippen LogP contribution in [0.1, 0.15) is 48.6 Å². The third-order valence-electron chi connectivity index (χ3n) is 4.25. The van der Waals surface area contributed by atoms with Crippen LogP contribution in [-0.4, -0.2) is 5.12 Å². The zero-order valence-electron chi connectivity index (χ0n) is 15.2. The van der Waals surface area contributed by atoms with Crippen molar-refractivity contribution in [3.05, 3.63) is 58.1 Å². The van der Waals surface area contributed by atoms with E-state index in [9.17, 15) is 4.79 Å². The molecule has 3 heteroatoms. The van der Waals surface area contributed by atoms with Crippen LogP contribution in [0.2, 0.25) is 0 Å². The molecule has 0 aromatic heterocycles. The van der Waals surface area contributed by atoms with E-state index in [0.29, 0.717) is 6.61 Å². The van der Waals surface area contributed by atoms with E-state index in [0.717, 1.165) is 34.6 Å². The standard InChI is InChI=1S/C21H26O2S/c1-6-17-9-8-10-21(24-16(5)22)19(17)13-23-20-12-14(3)18(7-2)11-15(20)4/h8-12H,6-7,13H2,1-5H3. The summed E-state index contributed by atoms with van der Waals surface area (Å²) < 4.78 is 6.14. The number of aryl methyl sites for hydroxylation is 4. The molecule has 0 aliphatic carbocycles. The van der Waals surface area contributed by atoms with Crippen molar-refractivity contribution < 1.29 is 9.53 Å². The molecular weight excluding hydrogens is 316 g/mol. The topological polar surface area (TPSA) is 26.3 Å². The Balaban J connectivity index is 2.28. The first kappa shape index (κ1) is 18.6. The molecular formula is C21H26O2S. The fourth-order valence-corrected chi connectivity index (χ4v) is 3.66. The normalized spacial score (nSPS) is 10.7. The minimum absolute atomic E-state index is 0.101. The smallest absolute Gasteiger partial charge is 0.190 e. The summed E-state index contributed by atoms with van der Waals surface area (Å²) in [5, 5.41) is 0.101. The number of rotatable bonds is 6. The van der Waals surface area contributed by atoms with Gasteiger partial charge in [-0.05, 0) is 61.1 Å². The summed E-state index contributed by atoms with van der Waals surface area (Å²) in [4.78, 5) is 12.5. The van der Waals surface area contributed by atoms with Gasteiger partial charge in [-0.25, -0.2) is 0 Å². The minimum Gasteiger partial charge on any atom is -0.489 e. The quantitative estimate of drug-likeness (QED) is 0.635. The lowest BCUT2D eigenvalue weighted by Crippen LogP contribution is -2.04. The predicted octanol–water partition coefficient (Wildman–Crippen LogP) is 5.65. The summed E-state index contributed by atoms with van der Waals surface area (Å²) in [6, 6.07) is 10.5. The second kappa shape index (κ2) is 8.39. The molecule has 24 heavy (non-hydrogen) atoms. The number of benzene rings is 2. The second-order valence-electron chi connectivity index (χ2n) is 6.03. The van der Waals surface area contributed by atoms with Gasteiger partial charge in [0, 0.05) is 17.4 Å². The summed E-state index contributed by atoms with van der Waals surface area (Å²) in [5.41, 5.74) is 6.15. The Morgan fingerprint density at radius 3 is 2.38 bits per heavy atom. The predicted molar refractivity (Wildman–Crippen MR) is 102 cm³/mol. The average Bonchev–Trinajstić information content (AvgIpc) is 2.55. The van der Waals surface area contributed by atoms with Gasteiger partial charge in [-0.1, -0.05) is 43.8 Å². The molecule has 128 valence electrons. The Labute approximate surface area is 149 Å². The highest BCUT2D eigenvalue weighted by Gasteiger charge is 2.12. The lowest BCUT2D eigenvalue weighted by Gasteiger charge is -2.16. The fourth-order valence-electron chi connectivity index (χ4n) is 2.89. The Morgan fingerprint density at radius 2 is 1.75 bits per heavy atom. The molecule has 2 aromatic rings. The maximum atomic E-state index is 11.5.